The zero-order valence-electron chi connectivity index (χ0n) is 13.0. The molecule has 0 radical (unpaired) electrons. The van der Waals surface area contributed by atoms with E-state index in [1.165, 1.54) is 5.56 Å². The summed E-state index contributed by atoms with van der Waals surface area (Å²) in [5, 5.41) is 5.44. The van der Waals surface area contributed by atoms with Crippen molar-refractivity contribution in [2.75, 3.05) is 5.43 Å². The van der Waals surface area contributed by atoms with Crippen LogP contribution in [0.4, 0.5) is 5.82 Å². The number of hydrogen-bond acceptors (Lipinski definition) is 4. The molecule has 0 aliphatic carbocycles. The number of hydrogen-bond donors (Lipinski definition) is 1. The van der Waals surface area contributed by atoms with Gasteiger partial charge in [0.25, 0.3) is 0 Å². The normalized spacial score (nSPS) is 11.7. The van der Waals surface area contributed by atoms with Crippen molar-refractivity contribution in [3.05, 3.63) is 65.5 Å². The van der Waals surface area contributed by atoms with Gasteiger partial charge in [0.2, 0.25) is 0 Å². The Bertz CT molecular complexity index is 853. The Morgan fingerprint density at radius 2 is 1.82 bits per heavy atom. The van der Waals surface area contributed by atoms with Crippen LogP contribution in [-0.4, -0.2) is 15.7 Å². The molecule has 0 fully saturated rings. The average Bonchev–Trinajstić information content (AvgIpc) is 2.52. The molecule has 0 saturated carbocycles. The number of benzene rings is 2. The summed E-state index contributed by atoms with van der Waals surface area (Å²) in [6.07, 6.45) is 0. The molecule has 4 heteroatoms. The number of para-hydroxylation sites is 1. The highest BCUT2D eigenvalue weighted by Crippen LogP contribution is 2.20. The first-order chi connectivity index (χ1) is 10.6. The summed E-state index contributed by atoms with van der Waals surface area (Å²) >= 11 is 0. The number of nitrogens with zero attached hydrogens (tertiary/aromatic N) is 3. The van der Waals surface area contributed by atoms with E-state index < -0.39 is 0 Å². The second kappa shape index (κ2) is 5.93. The topological polar surface area (TPSA) is 50.2 Å². The Morgan fingerprint density at radius 1 is 1.00 bits per heavy atom. The van der Waals surface area contributed by atoms with Crippen molar-refractivity contribution in [1.82, 2.24) is 9.97 Å². The van der Waals surface area contributed by atoms with E-state index in [0.29, 0.717) is 0 Å². The van der Waals surface area contributed by atoms with Gasteiger partial charge in [-0.15, -0.1) is 0 Å². The minimum Gasteiger partial charge on any atom is -0.260 e. The molecule has 0 spiro atoms. The first kappa shape index (κ1) is 14.2. The van der Waals surface area contributed by atoms with E-state index in [-0.39, 0.29) is 0 Å². The molecule has 3 rings (SSSR count). The van der Waals surface area contributed by atoms with Gasteiger partial charge in [-0.25, -0.2) is 9.97 Å². The van der Waals surface area contributed by atoms with Crippen LogP contribution in [-0.2, 0) is 0 Å². The molecule has 2 aromatic carbocycles. The Balaban J connectivity index is 1.95. The number of anilines is 1. The lowest BCUT2D eigenvalue weighted by molar-refractivity contribution is 1.08. The summed E-state index contributed by atoms with van der Waals surface area (Å²) in [5.41, 5.74) is 7.24. The van der Waals surface area contributed by atoms with Crippen LogP contribution < -0.4 is 5.43 Å². The number of rotatable bonds is 3. The van der Waals surface area contributed by atoms with Crippen molar-refractivity contribution in [3.8, 4) is 0 Å². The quantitative estimate of drug-likeness (QED) is 0.584. The van der Waals surface area contributed by atoms with Crippen molar-refractivity contribution < 1.29 is 0 Å². The molecule has 0 unspecified atom stereocenters. The largest absolute Gasteiger partial charge is 0.260 e. The van der Waals surface area contributed by atoms with Crippen LogP contribution in [0.5, 0.6) is 0 Å². The third-order valence-corrected chi connectivity index (χ3v) is 3.48. The summed E-state index contributed by atoms with van der Waals surface area (Å²) in [6, 6.07) is 16.2. The molecule has 0 atom stereocenters. The van der Waals surface area contributed by atoms with Gasteiger partial charge in [0.1, 0.15) is 5.82 Å². The molecule has 4 nitrogen and oxygen atoms in total. The van der Waals surface area contributed by atoms with Gasteiger partial charge in [-0.3, -0.25) is 5.43 Å². The molecule has 1 heterocycles. The zero-order valence-corrected chi connectivity index (χ0v) is 13.0. The maximum Gasteiger partial charge on any atom is 0.157 e. The Kier molecular flexibility index (Phi) is 3.83. The zero-order chi connectivity index (χ0) is 15.5. The summed E-state index contributed by atoms with van der Waals surface area (Å²) in [7, 11) is 0. The van der Waals surface area contributed by atoms with Crippen molar-refractivity contribution in [1.29, 1.82) is 0 Å². The number of aryl methyl sites for hydroxylation is 2. The van der Waals surface area contributed by atoms with Gasteiger partial charge in [0.05, 0.1) is 11.2 Å². The van der Waals surface area contributed by atoms with Crippen LogP contribution in [0.25, 0.3) is 10.9 Å². The monoisotopic (exact) mass is 290 g/mol. The second-order valence-corrected chi connectivity index (χ2v) is 5.32. The fraction of sp³-hybridized carbons (Fsp3) is 0.167. The number of fused-ring (bicyclic) bond motifs is 1. The van der Waals surface area contributed by atoms with Gasteiger partial charge in [-0.1, -0.05) is 42.0 Å². The van der Waals surface area contributed by atoms with Crippen molar-refractivity contribution in [3.63, 3.8) is 0 Å². The Morgan fingerprint density at radius 3 is 2.64 bits per heavy atom. The van der Waals surface area contributed by atoms with E-state index in [1.807, 2.05) is 44.2 Å². The molecule has 1 N–H and O–H groups in total. The predicted molar refractivity (Wildman–Crippen MR) is 91.3 cm³/mol. The number of hydrazone groups is 1. The Labute approximate surface area is 129 Å². The van der Waals surface area contributed by atoms with Crippen molar-refractivity contribution in [2.24, 2.45) is 5.10 Å². The van der Waals surface area contributed by atoms with Crippen LogP contribution in [0.2, 0.25) is 0 Å². The molecular weight excluding hydrogens is 272 g/mol. The van der Waals surface area contributed by atoms with Gasteiger partial charge < -0.3 is 0 Å². The molecule has 110 valence electrons. The van der Waals surface area contributed by atoms with Crippen LogP contribution in [0, 0.1) is 13.8 Å². The lowest BCUT2D eigenvalue weighted by atomic mass is 10.1. The standard InChI is InChI=1S/C18H18N4/c1-12-7-6-8-15(11-12)13(2)21-22-18-16-9-4-5-10-17(16)19-14(3)20-18/h4-11H,1-3H3,(H,19,20,22)/b21-13+. The van der Waals surface area contributed by atoms with E-state index in [2.05, 4.69) is 45.6 Å². The second-order valence-electron chi connectivity index (χ2n) is 5.32. The molecule has 3 aromatic rings. The first-order valence-electron chi connectivity index (χ1n) is 7.24. The van der Waals surface area contributed by atoms with Crippen molar-refractivity contribution >= 4 is 22.4 Å². The van der Waals surface area contributed by atoms with Gasteiger partial charge >= 0.3 is 0 Å². The van der Waals surface area contributed by atoms with Gasteiger partial charge in [-0.05, 0) is 38.5 Å². The lowest BCUT2D eigenvalue weighted by Gasteiger charge is -2.07. The van der Waals surface area contributed by atoms with Gasteiger partial charge in [0, 0.05) is 5.39 Å². The summed E-state index contributed by atoms with van der Waals surface area (Å²) in [5.74, 6) is 1.46. The van der Waals surface area contributed by atoms with E-state index in [0.717, 1.165) is 33.8 Å². The summed E-state index contributed by atoms with van der Waals surface area (Å²) < 4.78 is 0. The van der Waals surface area contributed by atoms with Crippen LogP contribution in [0.15, 0.2) is 53.6 Å². The van der Waals surface area contributed by atoms with Crippen molar-refractivity contribution in [2.45, 2.75) is 20.8 Å². The molecule has 0 aliphatic rings. The third-order valence-electron chi connectivity index (χ3n) is 3.48. The summed E-state index contributed by atoms with van der Waals surface area (Å²) in [4.78, 5) is 8.89. The highest BCUT2D eigenvalue weighted by molar-refractivity contribution is 5.99. The SMILES string of the molecule is C/C(=N\Nc1nc(C)nc2ccccc12)c1cccc(C)c1. The van der Waals surface area contributed by atoms with Crippen LogP contribution in [0.3, 0.4) is 0 Å². The van der Waals surface area contributed by atoms with E-state index in [1.54, 1.807) is 0 Å². The highest BCUT2D eigenvalue weighted by Gasteiger charge is 2.05. The molecular formula is C18H18N4. The Hall–Kier alpha value is -2.75. The van der Waals surface area contributed by atoms with Crippen LogP contribution in [0.1, 0.15) is 23.9 Å². The highest BCUT2D eigenvalue weighted by atomic mass is 15.3. The number of nitrogens with one attached hydrogen (secondary N) is 1. The van der Waals surface area contributed by atoms with E-state index >= 15 is 0 Å². The minimum atomic E-state index is 0.726. The molecule has 0 saturated heterocycles. The van der Waals surface area contributed by atoms with Gasteiger partial charge in [0.15, 0.2) is 5.82 Å². The fourth-order valence-electron chi connectivity index (χ4n) is 2.35. The van der Waals surface area contributed by atoms with E-state index in [4.69, 9.17) is 0 Å². The lowest BCUT2D eigenvalue weighted by Crippen LogP contribution is -2.03. The van der Waals surface area contributed by atoms with E-state index in [9.17, 15) is 0 Å². The third kappa shape index (κ3) is 2.96. The maximum absolute atomic E-state index is 4.47. The fourth-order valence-corrected chi connectivity index (χ4v) is 2.35. The molecule has 0 bridgehead atoms. The number of aromatic nitrogens is 2. The maximum atomic E-state index is 4.47. The predicted octanol–water partition coefficient (Wildman–Crippen LogP) is 4.08. The molecule has 1 aromatic heterocycles. The summed E-state index contributed by atoms with van der Waals surface area (Å²) in [6.45, 7) is 5.94. The molecule has 22 heavy (non-hydrogen) atoms. The average molecular weight is 290 g/mol. The van der Waals surface area contributed by atoms with Gasteiger partial charge in [-0.2, -0.15) is 5.10 Å². The van der Waals surface area contributed by atoms with Crippen LogP contribution >= 0.6 is 0 Å². The smallest absolute Gasteiger partial charge is 0.157 e. The minimum absolute atomic E-state index is 0.726. The first-order valence-corrected chi connectivity index (χ1v) is 7.24. The molecule has 0 amide bonds. The molecule has 0 aliphatic heterocycles.